The van der Waals surface area contributed by atoms with Gasteiger partial charge in [0.2, 0.25) is 0 Å². The summed E-state index contributed by atoms with van der Waals surface area (Å²) in [4.78, 5) is 0. The smallest absolute Gasteiger partial charge is 0.0297 e. The largest absolute Gasteiger partial charge is 0.0656 e. The summed E-state index contributed by atoms with van der Waals surface area (Å²) in [6.07, 6.45) is 7.50. The molecule has 0 saturated heterocycles. The van der Waals surface area contributed by atoms with E-state index in [4.69, 9.17) is 0 Å². The van der Waals surface area contributed by atoms with Crippen molar-refractivity contribution in [3.63, 3.8) is 0 Å². The lowest BCUT2D eigenvalue weighted by molar-refractivity contribution is 0.898. The number of hydrogen-bond acceptors (Lipinski definition) is 0. The highest BCUT2D eigenvalue weighted by molar-refractivity contribution is 5.04. The summed E-state index contributed by atoms with van der Waals surface area (Å²) < 4.78 is 0. The Balaban J connectivity index is 0.0000000960. The summed E-state index contributed by atoms with van der Waals surface area (Å²) in [5.74, 6) is 0. The molecule has 0 heterocycles. The van der Waals surface area contributed by atoms with E-state index in [9.17, 15) is 0 Å². The van der Waals surface area contributed by atoms with E-state index in [1.807, 2.05) is 0 Å². The molecule has 0 aliphatic heterocycles. The Morgan fingerprint density at radius 3 is 1.25 bits per heavy atom. The van der Waals surface area contributed by atoms with Crippen LogP contribution >= 0.6 is 0 Å². The van der Waals surface area contributed by atoms with Gasteiger partial charge in [-0.15, -0.1) is 0 Å². The van der Waals surface area contributed by atoms with E-state index in [0.29, 0.717) is 0 Å². The van der Waals surface area contributed by atoms with Crippen LogP contribution in [0.2, 0.25) is 0 Å². The van der Waals surface area contributed by atoms with Gasteiger partial charge in [-0.05, 0) is 31.1 Å². The van der Waals surface area contributed by atoms with Gasteiger partial charge < -0.3 is 0 Å². The summed E-state index contributed by atoms with van der Waals surface area (Å²) in [6.45, 7) is 4.25. The molecule has 0 aromatic heterocycles. The summed E-state index contributed by atoms with van der Waals surface area (Å²) in [7, 11) is 0. The van der Waals surface area contributed by atoms with Gasteiger partial charge in [0.25, 0.3) is 0 Å². The Kier molecular flexibility index (Phi) is 1.59. The zero-order chi connectivity index (χ0) is 6.04. The molecule has 2 saturated carbocycles. The van der Waals surface area contributed by atoms with Crippen LogP contribution in [0.1, 0.15) is 46.0 Å². The van der Waals surface area contributed by atoms with Gasteiger partial charge in [0.15, 0.2) is 0 Å². The molecular weight excluding hydrogens is 96.1 g/mol. The summed E-state index contributed by atoms with van der Waals surface area (Å²) in [5.41, 5.74) is 1.00. The van der Waals surface area contributed by atoms with Gasteiger partial charge in [-0.3, -0.25) is 0 Å². The van der Waals surface area contributed by atoms with Gasteiger partial charge in [-0.2, -0.15) is 0 Å². The molecule has 0 nitrogen and oxygen atoms in total. The SMILES string of the molecule is C1CC12CC2.CCC. The molecular formula is C8H16. The van der Waals surface area contributed by atoms with Gasteiger partial charge in [0, 0.05) is 0 Å². The van der Waals surface area contributed by atoms with Gasteiger partial charge in [-0.25, -0.2) is 0 Å². The van der Waals surface area contributed by atoms with Crippen molar-refractivity contribution >= 4 is 0 Å². The van der Waals surface area contributed by atoms with Gasteiger partial charge >= 0.3 is 0 Å². The van der Waals surface area contributed by atoms with Crippen LogP contribution in [-0.4, -0.2) is 0 Å². The predicted octanol–water partition coefficient (Wildman–Crippen LogP) is 2.98. The highest BCUT2D eigenvalue weighted by Gasteiger charge is 2.52. The van der Waals surface area contributed by atoms with E-state index in [2.05, 4.69) is 13.8 Å². The molecule has 1 spiro atoms. The van der Waals surface area contributed by atoms with Crippen LogP contribution in [-0.2, 0) is 0 Å². The molecule has 2 aliphatic rings. The summed E-state index contributed by atoms with van der Waals surface area (Å²) in [5, 5.41) is 0. The second-order valence-electron chi connectivity index (χ2n) is 3.21. The minimum atomic E-state index is 1.00. The topological polar surface area (TPSA) is 0 Å². The van der Waals surface area contributed by atoms with Crippen LogP contribution in [0.5, 0.6) is 0 Å². The first-order valence-electron chi connectivity index (χ1n) is 3.83. The lowest BCUT2D eigenvalue weighted by Crippen LogP contribution is -1.51. The Labute approximate surface area is 52.3 Å². The van der Waals surface area contributed by atoms with Crippen LogP contribution in [0.4, 0.5) is 0 Å². The van der Waals surface area contributed by atoms with Gasteiger partial charge in [0.05, 0.1) is 0 Å². The van der Waals surface area contributed by atoms with Crippen LogP contribution in [0.15, 0.2) is 0 Å². The summed E-state index contributed by atoms with van der Waals surface area (Å²) in [6, 6.07) is 0. The molecule has 8 heavy (non-hydrogen) atoms. The Hall–Kier alpha value is 0. The van der Waals surface area contributed by atoms with Crippen molar-refractivity contribution in [2.75, 3.05) is 0 Å². The van der Waals surface area contributed by atoms with E-state index in [-0.39, 0.29) is 0 Å². The first-order valence-corrected chi connectivity index (χ1v) is 3.83. The molecule has 0 aromatic rings. The predicted molar refractivity (Wildman–Crippen MR) is 36.9 cm³/mol. The third kappa shape index (κ3) is 1.50. The average Bonchev–Trinajstić information content (AvgIpc) is 2.54. The fraction of sp³-hybridized carbons (Fsp3) is 1.00. The Bertz CT molecular complexity index is 52.6. The minimum absolute atomic E-state index is 1.00. The Morgan fingerprint density at radius 1 is 1.00 bits per heavy atom. The van der Waals surface area contributed by atoms with E-state index >= 15 is 0 Å². The molecule has 0 N–H and O–H groups in total. The second kappa shape index (κ2) is 2.08. The molecule has 2 rings (SSSR count). The van der Waals surface area contributed by atoms with Crippen molar-refractivity contribution in [2.45, 2.75) is 46.0 Å². The first kappa shape index (κ1) is 6.12. The molecule has 0 atom stereocenters. The van der Waals surface area contributed by atoms with E-state index in [0.717, 1.165) is 5.41 Å². The molecule has 0 radical (unpaired) electrons. The maximum absolute atomic E-state index is 2.12. The molecule has 0 amide bonds. The van der Waals surface area contributed by atoms with E-state index in [1.54, 1.807) is 25.7 Å². The molecule has 0 heteroatoms. The maximum atomic E-state index is 2.12. The molecule has 0 unspecified atom stereocenters. The second-order valence-corrected chi connectivity index (χ2v) is 3.21. The van der Waals surface area contributed by atoms with Crippen molar-refractivity contribution in [1.29, 1.82) is 0 Å². The quantitative estimate of drug-likeness (QED) is 0.452. The van der Waals surface area contributed by atoms with Crippen molar-refractivity contribution in [3.8, 4) is 0 Å². The monoisotopic (exact) mass is 112 g/mol. The van der Waals surface area contributed by atoms with Crippen LogP contribution < -0.4 is 0 Å². The van der Waals surface area contributed by atoms with E-state index in [1.165, 1.54) is 6.42 Å². The number of hydrogen-bond donors (Lipinski definition) is 0. The van der Waals surface area contributed by atoms with Crippen molar-refractivity contribution in [3.05, 3.63) is 0 Å². The summed E-state index contributed by atoms with van der Waals surface area (Å²) >= 11 is 0. The van der Waals surface area contributed by atoms with Crippen LogP contribution in [0.25, 0.3) is 0 Å². The Morgan fingerprint density at radius 2 is 1.25 bits per heavy atom. The van der Waals surface area contributed by atoms with Gasteiger partial charge in [0.1, 0.15) is 0 Å². The molecule has 48 valence electrons. The highest BCUT2D eigenvalue weighted by atomic mass is 14.6. The standard InChI is InChI=1S/C5H8.C3H8/c1-2-5(1)3-4-5;1-3-2/h1-4H2;3H2,1-2H3. The van der Waals surface area contributed by atoms with Crippen molar-refractivity contribution in [1.82, 2.24) is 0 Å². The van der Waals surface area contributed by atoms with Crippen LogP contribution in [0, 0.1) is 5.41 Å². The maximum Gasteiger partial charge on any atom is -0.0297 e. The van der Waals surface area contributed by atoms with Gasteiger partial charge in [-0.1, -0.05) is 20.3 Å². The average molecular weight is 112 g/mol. The minimum Gasteiger partial charge on any atom is -0.0656 e. The highest BCUT2D eigenvalue weighted by Crippen LogP contribution is 2.65. The van der Waals surface area contributed by atoms with E-state index < -0.39 is 0 Å². The molecule has 2 aliphatic carbocycles. The lowest BCUT2D eigenvalue weighted by atomic mass is 10.5. The third-order valence-corrected chi connectivity index (χ3v) is 1.91. The fourth-order valence-corrected chi connectivity index (χ4v) is 0.854. The van der Waals surface area contributed by atoms with Crippen LogP contribution in [0.3, 0.4) is 0 Å². The third-order valence-electron chi connectivity index (χ3n) is 1.91. The molecule has 2 fully saturated rings. The molecule has 0 bridgehead atoms. The zero-order valence-electron chi connectivity index (χ0n) is 6.04. The molecule has 0 aromatic carbocycles. The number of rotatable bonds is 0. The first-order chi connectivity index (χ1) is 3.83. The fourth-order valence-electron chi connectivity index (χ4n) is 0.854. The van der Waals surface area contributed by atoms with Crippen molar-refractivity contribution in [2.24, 2.45) is 5.41 Å². The van der Waals surface area contributed by atoms with Crippen molar-refractivity contribution < 1.29 is 0 Å². The lowest BCUT2D eigenvalue weighted by Gasteiger charge is -1.60. The normalized spacial score (nSPS) is 26.2. The zero-order valence-corrected chi connectivity index (χ0v) is 6.04.